The largest absolute Gasteiger partial charge is 0.480 e. The van der Waals surface area contributed by atoms with E-state index in [0.717, 1.165) is 54.6 Å². The third-order valence-electron chi connectivity index (χ3n) is 5.43. The van der Waals surface area contributed by atoms with E-state index >= 15 is 0 Å². The molecule has 1 aromatic carbocycles. The Labute approximate surface area is 152 Å². The highest BCUT2D eigenvalue weighted by Gasteiger charge is 2.41. The number of para-hydroxylation sites is 1. The van der Waals surface area contributed by atoms with Crippen molar-refractivity contribution < 1.29 is 14.7 Å². The topological polar surface area (TPSA) is 75.4 Å². The van der Waals surface area contributed by atoms with Crippen molar-refractivity contribution in [3.8, 4) is 5.69 Å². The number of aliphatic carboxylic acids is 1. The molecule has 1 aromatic heterocycles. The fourth-order valence-electron chi connectivity index (χ4n) is 3.86. The van der Waals surface area contributed by atoms with Crippen molar-refractivity contribution in [2.75, 3.05) is 0 Å². The van der Waals surface area contributed by atoms with Crippen LogP contribution in [0.2, 0.25) is 0 Å². The van der Waals surface area contributed by atoms with Crippen molar-refractivity contribution in [3.05, 3.63) is 46.8 Å². The van der Waals surface area contributed by atoms with Crippen molar-refractivity contribution in [1.82, 2.24) is 14.7 Å². The first kappa shape index (κ1) is 16.8. The second-order valence-electron chi connectivity index (χ2n) is 7.28. The zero-order valence-electron chi connectivity index (χ0n) is 15.1. The summed E-state index contributed by atoms with van der Waals surface area (Å²) in [5, 5.41) is 14.1. The Morgan fingerprint density at radius 3 is 2.65 bits per heavy atom. The van der Waals surface area contributed by atoms with Gasteiger partial charge in [-0.1, -0.05) is 18.2 Å². The van der Waals surface area contributed by atoms with Gasteiger partial charge in [0.25, 0.3) is 5.91 Å². The standard InChI is InChI=1S/C20H23N3O3/c1-12-6-3-4-8-16(12)23-17-9-5-7-15(17)18(21-23)19(24)22(14-10-11-14)13(2)20(25)26/h3-4,6,8,13-14H,5,7,9-11H2,1-2H3,(H,25,26). The lowest BCUT2D eigenvalue weighted by Gasteiger charge is -2.26. The van der Waals surface area contributed by atoms with Crippen molar-refractivity contribution in [2.45, 2.75) is 58.0 Å². The molecule has 0 aliphatic heterocycles. The number of aromatic nitrogens is 2. The molecule has 136 valence electrons. The van der Waals surface area contributed by atoms with Crippen LogP contribution in [0.25, 0.3) is 5.69 Å². The summed E-state index contributed by atoms with van der Waals surface area (Å²) >= 11 is 0. The number of hydrogen-bond acceptors (Lipinski definition) is 3. The number of nitrogens with zero attached hydrogens (tertiary/aromatic N) is 3. The fourth-order valence-corrected chi connectivity index (χ4v) is 3.86. The number of hydrogen-bond donors (Lipinski definition) is 1. The van der Waals surface area contributed by atoms with Crippen LogP contribution < -0.4 is 0 Å². The minimum Gasteiger partial charge on any atom is -0.480 e. The van der Waals surface area contributed by atoms with Gasteiger partial charge in [0.2, 0.25) is 0 Å². The van der Waals surface area contributed by atoms with E-state index in [2.05, 4.69) is 5.10 Å². The van der Waals surface area contributed by atoms with Crippen LogP contribution in [0.3, 0.4) is 0 Å². The van der Waals surface area contributed by atoms with Crippen LogP contribution in [-0.2, 0) is 17.6 Å². The molecule has 1 N–H and O–H groups in total. The van der Waals surface area contributed by atoms with Crippen LogP contribution in [0.15, 0.2) is 24.3 Å². The van der Waals surface area contributed by atoms with Crippen LogP contribution in [0.1, 0.15) is 53.5 Å². The molecule has 2 aliphatic rings. The smallest absolute Gasteiger partial charge is 0.326 e. The highest BCUT2D eigenvalue weighted by atomic mass is 16.4. The van der Waals surface area contributed by atoms with Gasteiger partial charge in [-0.2, -0.15) is 5.10 Å². The van der Waals surface area contributed by atoms with Gasteiger partial charge in [0.05, 0.1) is 5.69 Å². The highest BCUT2D eigenvalue weighted by Crippen LogP contribution is 2.34. The first-order valence-corrected chi connectivity index (χ1v) is 9.21. The minimum atomic E-state index is -0.972. The third kappa shape index (κ3) is 2.69. The number of benzene rings is 1. The fraction of sp³-hybridized carbons (Fsp3) is 0.450. The Kier molecular flexibility index (Phi) is 4.05. The summed E-state index contributed by atoms with van der Waals surface area (Å²) in [4.78, 5) is 26.3. The Morgan fingerprint density at radius 1 is 1.27 bits per heavy atom. The maximum absolute atomic E-state index is 13.2. The zero-order valence-corrected chi connectivity index (χ0v) is 15.1. The number of amides is 1. The van der Waals surface area contributed by atoms with Crippen LogP contribution in [0.4, 0.5) is 0 Å². The van der Waals surface area contributed by atoms with E-state index in [0.29, 0.717) is 5.69 Å². The van der Waals surface area contributed by atoms with E-state index < -0.39 is 12.0 Å². The Balaban J connectivity index is 1.78. The van der Waals surface area contributed by atoms with Gasteiger partial charge in [0.15, 0.2) is 5.69 Å². The van der Waals surface area contributed by atoms with Crippen molar-refractivity contribution in [3.63, 3.8) is 0 Å². The average Bonchev–Trinajstić information content (AvgIpc) is 3.20. The molecular formula is C20H23N3O3. The summed E-state index contributed by atoms with van der Waals surface area (Å²) in [7, 11) is 0. The lowest BCUT2D eigenvalue weighted by atomic mass is 10.1. The summed E-state index contributed by atoms with van der Waals surface area (Å²) in [6, 6.07) is 7.18. The molecule has 2 aliphatic carbocycles. The quantitative estimate of drug-likeness (QED) is 0.897. The number of carbonyl (C=O) groups excluding carboxylic acids is 1. The molecule has 6 heteroatoms. The SMILES string of the molecule is Cc1ccccc1-n1nc(C(=O)N(C2CC2)C(C)C(=O)O)c2c1CCC2. The summed E-state index contributed by atoms with van der Waals surface area (Å²) in [6.45, 7) is 3.61. The number of aryl methyl sites for hydroxylation is 1. The molecule has 6 nitrogen and oxygen atoms in total. The number of rotatable bonds is 5. The lowest BCUT2D eigenvalue weighted by molar-refractivity contribution is -0.141. The third-order valence-corrected chi connectivity index (χ3v) is 5.43. The van der Waals surface area contributed by atoms with Crippen LogP contribution in [-0.4, -0.2) is 43.7 Å². The van der Waals surface area contributed by atoms with Gasteiger partial charge in [0, 0.05) is 17.3 Å². The highest BCUT2D eigenvalue weighted by molar-refractivity contribution is 5.97. The van der Waals surface area contributed by atoms with E-state index in [1.54, 1.807) is 6.92 Å². The van der Waals surface area contributed by atoms with Gasteiger partial charge in [-0.25, -0.2) is 9.48 Å². The lowest BCUT2D eigenvalue weighted by Crippen LogP contribution is -2.45. The molecule has 1 saturated carbocycles. The molecule has 0 radical (unpaired) electrons. The number of fused-ring (bicyclic) bond motifs is 1. The summed E-state index contributed by atoms with van der Waals surface area (Å²) in [5.41, 5.74) is 4.58. The maximum Gasteiger partial charge on any atom is 0.326 e. The van der Waals surface area contributed by atoms with Gasteiger partial charge in [-0.3, -0.25) is 4.79 Å². The first-order chi connectivity index (χ1) is 12.5. The first-order valence-electron chi connectivity index (χ1n) is 9.21. The molecule has 1 amide bonds. The number of carboxylic acid groups (broad SMARTS) is 1. The van der Waals surface area contributed by atoms with Crippen molar-refractivity contribution in [2.24, 2.45) is 0 Å². The van der Waals surface area contributed by atoms with E-state index in [-0.39, 0.29) is 11.9 Å². The number of carboxylic acids is 1. The summed E-state index contributed by atoms with van der Waals surface area (Å²) in [5.74, 6) is -1.21. The Bertz CT molecular complexity index is 882. The van der Waals surface area contributed by atoms with Crippen LogP contribution in [0, 0.1) is 6.92 Å². The van der Waals surface area contributed by atoms with Gasteiger partial charge >= 0.3 is 5.97 Å². The molecule has 26 heavy (non-hydrogen) atoms. The predicted molar refractivity (Wildman–Crippen MR) is 96.6 cm³/mol. The van der Waals surface area contributed by atoms with Crippen LogP contribution >= 0.6 is 0 Å². The number of carbonyl (C=O) groups is 2. The minimum absolute atomic E-state index is 0.0225. The maximum atomic E-state index is 13.2. The molecule has 4 rings (SSSR count). The van der Waals surface area contributed by atoms with Gasteiger partial charge in [-0.05, 0) is 57.6 Å². The Hall–Kier alpha value is -2.63. The van der Waals surface area contributed by atoms with Crippen LogP contribution in [0.5, 0.6) is 0 Å². The van der Waals surface area contributed by atoms with E-state index in [1.165, 1.54) is 4.90 Å². The van der Waals surface area contributed by atoms with E-state index in [4.69, 9.17) is 0 Å². The molecule has 2 aromatic rings. The summed E-state index contributed by atoms with van der Waals surface area (Å²) < 4.78 is 1.89. The molecule has 1 heterocycles. The van der Waals surface area contributed by atoms with Gasteiger partial charge < -0.3 is 10.0 Å². The second-order valence-corrected chi connectivity index (χ2v) is 7.28. The average molecular weight is 353 g/mol. The van der Waals surface area contributed by atoms with E-state index in [1.807, 2.05) is 35.9 Å². The zero-order chi connectivity index (χ0) is 18.4. The van der Waals surface area contributed by atoms with Gasteiger partial charge in [0.1, 0.15) is 6.04 Å². The molecule has 1 unspecified atom stereocenters. The molecule has 0 saturated heterocycles. The Morgan fingerprint density at radius 2 is 2.00 bits per heavy atom. The molecule has 1 fully saturated rings. The summed E-state index contributed by atoms with van der Waals surface area (Å²) in [6.07, 6.45) is 4.44. The predicted octanol–water partition coefficient (Wildman–Crippen LogP) is 2.75. The molecule has 0 bridgehead atoms. The molecule has 1 atom stereocenters. The van der Waals surface area contributed by atoms with Crippen molar-refractivity contribution in [1.29, 1.82) is 0 Å². The van der Waals surface area contributed by atoms with E-state index in [9.17, 15) is 14.7 Å². The normalized spacial score (nSPS) is 17.0. The monoisotopic (exact) mass is 353 g/mol. The second kappa shape index (κ2) is 6.27. The molecule has 0 spiro atoms. The molecular weight excluding hydrogens is 330 g/mol. The van der Waals surface area contributed by atoms with Gasteiger partial charge in [-0.15, -0.1) is 0 Å². The van der Waals surface area contributed by atoms with Crippen molar-refractivity contribution >= 4 is 11.9 Å².